The molecule has 1 aliphatic carbocycles. The summed E-state index contributed by atoms with van der Waals surface area (Å²) >= 11 is 1.61. The van der Waals surface area contributed by atoms with Gasteiger partial charge in [-0.05, 0) is 36.6 Å². The number of nitrogens with zero attached hydrogens (tertiary/aromatic N) is 1. The van der Waals surface area contributed by atoms with Crippen LogP contribution in [0.3, 0.4) is 0 Å². The molecular weight excluding hydrogens is 382 g/mol. The van der Waals surface area contributed by atoms with Crippen molar-refractivity contribution in [3.63, 3.8) is 0 Å². The van der Waals surface area contributed by atoms with Crippen molar-refractivity contribution >= 4 is 35.2 Å². The van der Waals surface area contributed by atoms with E-state index in [1.807, 2.05) is 24.4 Å². The van der Waals surface area contributed by atoms with Crippen LogP contribution in [-0.2, 0) is 25.5 Å². The van der Waals surface area contributed by atoms with Crippen LogP contribution in [0.25, 0.3) is 0 Å². The highest BCUT2D eigenvalue weighted by molar-refractivity contribution is 7.09. The maximum Gasteiger partial charge on any atom is 0.326 e. The van der Waals surface area contributed by atoms with E-state index in [-0.39, 0.29) is 11.8 Å². The average Bonchev–Trinajstić information content (AvgIpc) is 3.26. The van der Waals surface area contributed by atoms with E-state index in [0.717, 1.165) is 29.0 Å². The van der Waals surface area contributed by atoms with E-state index in [4.69, 9.17) is 4.74 Å². The summed E-state index contributed by atoms with van der Waals surface area (Å²) in [4.78, 5) is 50.9. The molecule has 1 saturated heterocycles. The molecule has 8 nitrogen and oxygen atoms in total. The number of esters is 1. The van der Waals surface area contributed by atoms with Gasteiger partial charge in [0.25, 0.3) is 11.8 Å². The van der Waals surface area contributed by atoms with Gasteiger partial charge >= 0.3 is 12.0 Å². The Kier molecular flexibility index (Phi) is 6.33. The minimum atomic E-state index is -0.908. The average molecular weight is 407 g/mol. The Bertz CT molecular complexity index is 751. The molecule has 152 valence electrons. The number of hydrogen-bond donors (Lipinski definition) is 2. The molecule has 1 aromatic rings. The van der Waals surface area contributed by atoms with Gasteiger partial charge in [-0.2, -0.15) is 0 Å². The Balaban J connectivity index is 1.43. The number of carbonyl (C=O) groups is 4. The highest BCUT2D eigenvalue weighted by Gasteiger charge is 2.55. The predicted molar refractivity (Wildman–Crippen MR) is 103 cm³/mol. The molecule has 4 amide bonds. The number of imide groups is 1. The van der Waals surface area contributed by atoms with Gasteiger partial charge in [-0.1, -0.05) is 25.8 Å². The van der Waals surface area contributed by atoms with E-state index in [9.17, 15) is 19.2 Å². The fourth-order valence-electron chi connectivity index (χ4n) is 3.79. The summed E-state index contributed by atoms with van der Waals surface area (Å²) in [6.45, 7) is 1.47. The SMILES string of the molecule is C[C@H]1CCCC[C@@]12NC(=O)N(CC(=O)OCC(=O)NCCc1cccs1)C2=O. The number of amides is 4. The van der Waals surface area contributed by atoms with Crippen molar-refractivity contribution in [1.29, 1.82) is 0 Å². The normalized spacial score (nSPS) is 24.3. The lowest BCUT2D eigenvalue weighted by Gasteiger charge is -2.36. The van der Waals surface area contributed by atoms with E-state index in [1.54, 1.807) is 11.3 Å². The summed E-state index contributed by atoms with van der Waals surface area (Å²) in [7, 11) is 0. The van der Waals surface area contributed by atoms with E-state index in [2.05, 4.69) is 10.6 Å². The molecule has 2 fully saturated rings. The van der Waals surface area contributed by atoms with Gasteiger partial charge in [0.15, 0.2) is 6.61 Å². The summed E-state index contributed by atoms with van der Waals surface area (Å²) in [5.41, 5.74) is -0.908. The molecule has 2 heterocycles. The molecule has 1 saturated carbocycles. The molecule has 1 aliphatic heterocycles. The fraction of sp³-hybridized carbons (Fsp3) is 0.579. The standard InChI is InChI=1S/C19H25N3O5S/c1-13-5-2-3-8-19(13)17(25)22(18(26)21-19)11-16(24)27-12-15(23)20-9-7-14-6-4-10-28-14/h4,6,10,13H,2-3,5,7-9,11-12H2,1H3,(H,20,23)(H,21,26)/t13-,19+/m0/s1. The fourth-order valence-corrected chi connectivity index (χ4v) is 4.50. The molecule has 2 aliphatic rings. The van der Waals surface area contributed by atoms with Crippen molar-refractivity contribution in [1.82, 2.24) is 15.5 Å². The van der Waals surface area contributed by atoms with Crippen LogP contribution in [0.4, 0.5) is 4.79 Å². The minimum absolute atomic E-state index is 0.0212. The number of thiophene rings is 1. The van der Waals surface area contributed by atoms with Crippen LogP contribution in [0.5, 0.6) is 0 Å². The summed E-state index contributed by atoms with van der Waals surface area (Å²) in [6.07, 6.45) is 4.03. The minimum Gasteiger partial charge on any atom is -0.454 e. The second-order valence-corrected chi connectivity index (χ2v) is 8.31. The quantitative estimate of drug-likeness (QED) is 0.526. The monoisotopic (exact) mass is 407 g/mol. The van der Waals surface area contributed by atoms with E-state index < -0.39 is 36.6 Å². The second-order valence-electron chi connectivity index (χ2n) is 7.28. The third-order valence-corrected chi connectivity index (χ3v) is 6.36. The number of rotatable bonds is 7. The number of carbonyl (C=O) groups excluding carboxylic acids is 4. The largest absolute Gasteiger partial charge is 0.454 e. The Morgan fingerprint density at radius 2 is 2.21 bits per heavy atom. The Labute approximate surface area is 167 Å². The molecule has 0 unspecified atom stereocenters. The summed E-state index contributed by atoms with van der Waals surface area (Å²) in [5, 5.41) is 7.42. The van der Waals surface area contributed by atoms with Gasteiger partial charge in [0, 0.05) is 11.4 Å². The van der Waals surface area contributed by atoms with Gasteiger partial charge in [-0.15, -0.1) is 11.3 Å². The lowest BCUT2D eigenvalue weighted by atomic mass is 9.73. The van der Waals surface area contributed by atoms with Crippen molar-refractivity contribution in [2.24, 2.45) is 5.92 Å². The molecule has 0 aromatic carbocycles. The second kappa shape index (κ2) is 8.72. The van der Waals surface area contributed by atoms with Gasteiger partial charge in [0.1, 0.15) is 12.1 Å². The number of ether oxygens (including phenoxy) is 1. The Hall–Kier alpha value is -2.42. The molecule has 9 heteroatoms. The van der Waals surface area contributed by atoms with Gasteiger partial charge in [0.05, 0.1) is 0 Å². The Morgan fingerprint density at radius 1 is 1.39 bits per heavy atom. The lowest BCUT2D eigenvalue weighted by molar-refractivity contribution is -0.151. The zero-order chi connectivity index (χ0) is 20.1. The smallest absolute Gasteiger partial charge is 0.326 e. The third kappa shape index (κ3) is 4.35. The Morgan fingerprint density at radius 3 is 2.93 bits per heavy atom. The van der Waals surface area contributed by atoms with Crippen LogP contribution in [0.15, 0.2) is 17.5 Å². The van der Waals surface area contributed by atoms with E-state index in [0.29, 0.717) is 19.4 Å². The molecule has 2 atom stereocenters. The molecule has 0 bridgehead atoms. The predicted octanol–water partition coefficient (Wildman–Crippen LogP) is 1.45. The summed E-state index contributed by atoms with van der Waals surface area (Å²) in [6, 6.07) is 3.35. The van der Waals surface area contributed by atoms with Crippen LogP contribution in [0.2, 0.25) is 0 Å². The van der Waals surface area contributed by atoms with Crippen molar-refractivity contribution in [3.8, 4) is 0 Å². The van der Waals surface area contributed by atoms with Gasteiger partial charge in [-0.3, -0.25) is 19.3 Å². The zero-order valence-corrected chi connectivity index (χ0v) is 16.7. The molecule has 28 heavy (non-hydrogen) atoms. The number of urea groups is 1. The maximum absolute atomic E-state index is 12.8. The van der Waals surface area contributed by atoms with Gasteiger partial charge < -0.3 is 15.4 Å². The first kappa shape index (κ1) is 20.3. The van der Waals surface area contributed by atoms with Crippen LogP contribution in [0.1, 0.15) is 37.5 Å². The van der Waals surface area contributed by atoms with Crippen LogP contribution < -0.4 is 10.6 Å². The lowest BCUT2D eigenvalue weighted by Crippen LogP contribution is -2.54. The number of hydrogen-bond acceptors (Lipinski definition) is 6. The first-order valence-corrected chi connectivity index (χ1v) is 10.4. The van der Waals surface area contributed by atoms with E-state index >= 15 is 0 Å². The van der Waals surface area contributed by atoms with Crippen molar-refractivity contribution in [2.75, 3.05) is 19.7 Å². The van der Waals surface area contributed by atoms with Crippen LogP contribution >= 0.6 is 11.3 Å². The molecule has 1 aromatic heterocycles. The molecule has 3 rings (SSSR count). The molecule has 2 N–H and O–H groups in total. The van der Waals surface area contributed by atoms with Crippen molar-refractivity contribution in [3.05, 3.63) is 22.4 Å². The highest BCUT2D eigenvalue weighted by Crippen LogP contribution is 2.38. The number of nitrogens with one attached hydrogen (secondary N) is 2. The highest BCUT2D eigenvalue weighted by atomic mass is 32.1. The maximum atomic E-state index is 12.8. The zero-order valence-electron chi connectivity index (χ0n) is 15.9. The molecule has 0 radical (unpaired) electrons. The molecular formula is C19H25N3O5S. The van der Waals surface area contributed by atoms with Gasteiger partial charge in [0.2, 0.25) is 0 Å². The first-order valence-electron chi connectivity index (χ1n) is 9.51. The first-order chi connectivity index (χ1) is 13.4. The van der Waals surface area contributed by atoms with Gasteiger partial charge in [-0.25, -0.2) is 4.79 Å². The topological polar surface area (TPSA) is 105 Å². The van der Waals surface area contributed by atoms with E-state index in [1.165, 1.54) is 0 Å². The van der Waals surface area contributed by atoms with Crippen molar-refractivity contribution in [2.45, 2.75) is 44.6 Å². The third-order valence-electron chi connectivity index (χ3n) is 5.43. The summed E-state index contributed by atoms with van der Waals surface area (Å²) in [5.74, 6) is -1.55. The summed E-state index contributed by atoms with van der Waals surface area (Å²) < 4.78 is 4.93. The van der Waals surface area contributed by atoms with Crippen molar-refractivity contribution < 1.29 is 23.9 Å². The van der Waals surface area contributed by atoms with Crippen LogP contribution in [-0.4, -0.2) is 54.0 Å². The van der Waals surface area contributed by atoms with Crippen LogP contribution in [0, 0.1) is 5.92 Å². The molecule has 1 spiro atoms.